The number of hydrogen-bond acceptors (Lipinski definition) is 1. The minimum absolute atomic E-state index is 0.727. The molecule has 0 N–H and O–H groups in total. The number of aromatic nitrogens is 1. The van der Waals surface area contributed by atoms with Crippen LogP contribution in [-0.4, -0.2) is 10.9 Å². The van der Waals surface area contributed by atoms with Gasteiger partial charge in [0.2, 0.25) is 0 Å². The van der Waals surface area contributed by atoms with E-state index in [1.54, 1.807) is 0 Å². The number of alkyl halides is 1. The van der Waals surface area contributed by atoms with Crippen LogP contribution >= 0.6 is 11.6 Å². The molecule has 14 heavy (non-hydrogen) atoms. The summed E-state index contributed by atoms with van der Waals surface area (Å²) in [4.78, 5) is 4.28. The molecule has 0 aliphatic carbocycles. The van der Waals surface area contributed by atoms with Crippen molar-refractivity contribution in [2.75, 3.05) is 5.88 Å². The summed E-state index contributed by atoms with van der Waals surface area (Å²) in [5.74, 6) is 0.727. The van der Waals surface area contributed by atoms with Crippen molar-refractivity contribution < 1.29 is 0 Å². The molecule has 1 nitrogen and oxygen atoms in total. The maximum Gasteiger partial charge on any atom is 0.0702 e. The van der Waals surface area contributed by atoms with E-state index in [9.17, 15) is 0 Å². The number of hydrogen-bond donors (Lipinski definition) is 0. The average molecular weight is 206 g/mol. The Bertz CT molecular complexity index is 425. The molecule has 0 atom stereocenters. The van der Waals surface area contributed by atoms with Crippen molar-refractivity contribution in [2.45, 2.75) is 12.8 Å². The highest BCUT2D eigenvalue weighted by molar-refractivity contribution is 6.17. The molecule has 1 aromatic carbocycles. The van der Waals surface area contributed by atoms with Crippen LogP contribution in [0.5, 0.6) is 0 Å². The smallest absolute Gasteiger partial charge is 0.0702 e. The van der Waals surface area contributed by atoms with Gasteiger partial charge in [-0.15, -0.1) is 11.6 Å². The summed E-state index contributed by atoms with van der Waals surface area (Å²) in [5.41, 5.74) is 2.40. The number of benzene rings is 1. The first-order valence-corrected chi connectivity index (χ1v) is 5.33. The lowest BCUT2D eigenvalue weighted by molar-refractivity contribution is 0.930. The highest BCUT2D eigenvalue weighted by Crippen LogP contribution is 2.14. The molecule has 72 valence electrons. The molecule has 0 aliphatic heterocycles. The van der Waals surface area contributed by atoms with Gasteiger partial charge < -0.3 is 0 Å². The Kier molecular flexibility index (Phi) is 3.00. The van der Waals surface area contributed by atoms with Gasteiger partial charge in [-0.2, -0.15) is 0 Å². The highest BCUT2D eigenvalue weighted by Gasteiger charge is 1.96. The van der Waals surface area contributed by atoms with Gasteiger partial charge in [-0.3, -0.25) is 4.98 Å². The zero-order chi connectivity index (χ0) is 9.80. The van der Waals surface area contributed by atoms with Crippen LogP contribution in [0.1, 0.15) is 12.0 Å². The summed E-state index contributed by atoms with van der Waals surface area (Å²) >= 11 is 5.66. The quantitative estimate of drug-likeness (QED) is 0.700. The van der Waals surface area contributed by atoms with Crippen LogP contribution in [0.4, 0.5) is 0 Å². The first-order valence-electron chi connectivity index (χ1n) is 4.80. The minimum Gasteiger partial charge on any atom is -0.256 e. The molecule has 2 rings (SSSR count). The highest BCUT2D eigenvalue weighted by atomic mass is 35.5. The van der Waals surface area contributed by atoms with Gasteiger partial charge in [0.15, 0.2) is 0 Å². The van der Waals surface area contributed by atoms with E-state index >= 15 is 0 Å². The van der Waals surface area contributed by atoms with Gasteiger partial charge >= 0.3 is 0 Å². The summed E-state index contributed by atoms with van der Waals surface area (Å²) in [6.45, 7) is 0. The first kappa shape index (κ1) is 9.47. The molecule has 0 aliphatic rings. The Labute approximate surface area is 88.7 Å². The van der Waals surface area contributed by atoms with Gasteiger partial charge in [0, 0.05) is 17.5 Å². The van der Waals surface area contributed by atoms with Crippen molar-refractivity contribution in [3.8, 4) is 0 Å². The van der Waals surface area contributed by atoms with Crippen molar-refractivity contribution in [1.82, 2.24) is 4.98 Å². The molecule has 0 saturated heterocycles. The predicted molar refractivity (Wildman–Crippen MR) is 60.8 cm³/mol. The fourth-order valence-corrected chi connectivity index (χ4v) is 1.69. The summed E-state index contributed by atoms with van der Waals surface area (Å²) in [6, 6.07) is 10.4. The van der Waals surface area contributed by atoms with E-state index < -0.39 is 0 Å². The van der Waals surface area contributed by atoms with Crippen molar-refractivity contribution in [3.63, 3.8) is 0 Å². The summed E-state index contributed by atoms with van der Waals surface area (Å²) in [7, 11) is 0. The standard InChI is InChI=1S/C12H12ClN/c13-7-1-3-10-5-6-12-11(9-10)4-2-8-14-12/h2,4-6,8-9H,1,3,7H2. The molecule has 2 heteroatoms. The third-order valence-electron chi connectivity index (χ3n) is 2.27. The van der Waals surface area contributed by atoms with Gasteiger partial charge in [-0.05, 0) is 36.6 Å². The second kappa shape index (κ2) is 4.43. The van der Waals surface area contributed by atoms with Crippen LogP contribution < -0.4 is 0 Å². The van der Waals surface area contributed by atoms with Crippen molar-refractivity contribution >= 4 is 22.5 Å². The number of aryl methyl sites for hydroxylation is 1. The van der Waals surface area contributed by atoms with E-state index in [1.807, 2.05) is 12.3 Å². The van der Waals surface area contributed by atoms with E-state index in [0.717, 1.165) is 24.2 Å². The Morgan fingerprint density at radius 2 is 2.14 bits per heavy atom. The Balaban J connectivity index is 2.32. The minimum atomic E-state index is 0.727. The summed E-state index contributed by atoms with van der Waals surface area (Å²) in [5, 5.41) is 1.21. The Hall–Kier alpha value is -1.08. The molecule has 0 radical (unpaired) electrons. The van der Waals surface area contributed by atoms with Gasteiger partial charge in [0.1, 0.15) is 0 Å². The summed E-state index contributed by atoms with van der Waals surface area (Å²) < 4.78 is 0. The van der Waals surface area contributed by atoms with Crippen molar-refractivity contribution in [2.24, 2.45) is 0 Å². The van der Waals surface area contributed by atoms with Crippen LogP contribution in [0.25, 0.3) is 10.9 Å². The Morgan fingerprint density at radius 3 is 3.00 bits per heavy atom. The average Bonchev–Trinajstić information content (AvgIpc) is 2.26. The van der Waals surface area contributed by atoms with Gasteiger partial charge in [-0.1, -0.05) is 12.1 Å². The third-order valence-corrected chi connectivity index (χ3v) is 2.53. The van der Waals surface area contributed by atoms with Crippen molar-refractivity contribution in [3.05, 3.63) is 42.1 Å². The molecule has 1 aromatic heterocycles. The van der Waals surface area contributed by atoms with E-state index in [0.29, 0.717) is 0 Å². The molecular formula is C12H12ClN. The maximum atomic E-state index is 5.66. The number of rotatable bonds is 3. The fraction of sp³-hybridized carbons (Fsp3) is 0.250. The molecule has 0 unspecified atom stereocenters. The van der Waals surface area contributed by atoms with Crippen LogP contribution in [0, 0.1) is 0 Å². The molecule has 1 heterocycles. The van der Waals surface area contributed by atoms with Crippen LogP contribution in [-0.2, 0) is 6.42 Å². The predicted octanol–water partition coefficient (Wildman–Crippen LogP) is 3.41. The molecule has 0 spiro atoms. The largest absolute Gasteiger partial charge is 0.256 e. The number of nitrogens with zero attached hydrogens (tertiary/aromatic N) is 1. The second-order valence-electron chi connectivity index (χ2n) is 3.32. The van der Waals surface area contributed by atoms with Crippen molar-refractivity contribution in [1.29, 1.82) is 0 Å². The van der Waals surface area contributed by atoms with Crippen LogP contribution in [0.15, 0.2) is 36.5 Å². The molecule has 0 bridgehead atoms. The molecule has 0 saturated carbocycles. The number of halogens is 1. The zero-order valence-electron chi connectivity index (χ0n) is 7.91. The van der Waals surface area contributed by atoms with Crippen LogP contribution in [0.3, 0.4) is 0 Å². The topological polar surface area (TPSA) is 12.9 Å². The normalized spacial score (nSPS) is 10.6. The lowest BCUT2D eigenvalue weighted by Gasteiger charge is -2.01. The van der Waals surface area contributed by atoms with Gasteiger partial charge in [-0.25, -0.2) is 0 Å². The molecular weight excluding hydrogens is 194 g/mol. The second-order valence-corrected chi connectivity index (χ2v) is 3.70. The van der Waals surface area contributed by atoms with E-state index in [-0.39, 0.29) is 0 Å². The number of pyridine rings is 1. The Morgan fingerprint density at radius 1 is 1.21 bits per heavy atom. The lowest BCUT2D eigenvalue weighted by Crippen LogP contribution is -1.87. The van der Waals surface area contributed by atoms with E-state index in [2.05, 4.69) is 29.2 Å². The fourth-order valence-electron chi connectivity index (χ4n) is 1.55. The number of fused-ring (bicyclic) bond motifs is 1. The molecule has 0 amide bonds. The lowest BCUT2D eigenvalue weighted by atomic mass is 10.1. The zero-order valence-corrected chi connectivity index (χ0v) is 8.67. The molecule has 2 aromatic rings. The van der Waals surface area contributed by atoms with E-state index in [1.165, 1.54) is 10.9 Å². The van der Waals surface area contributed by atoms with Gasteiger partial charge in [0.05, 0.1) is 5.52 Å². The van der Waals surface area contributed by atoms with Crippen LogP contribution in [0.2, 0.25) is 0 Å². The molecule has 0 fully saturated rings. The van der Waals surface area contributed by atoms with E-state index in [4.69, 9.17) is 11.6 Å². The third kappa shape index (κ3) is 2.05. The maximum absolute atomic E-state index is 5.66. The summed E-state index contributed by atoms with van der Waals surface area (Å²) in [6.07, 6.45) is 3.91. The first-order chi connectivity index (χ1) is 6.90. The SMILES string of the molecule is ClCCCc1ccc2ncccc2c1. The monoisotopic (exact) mass is 205 g/mol. The van der Waals surface area contributed by atoms with Gasteiger partial charge in [0.25, 0.3) is 0 Å².